The average Bonchev–Trinajstić information content (AvgIpc) is 2.47. The topological polar surface area (TPSA) is 69.6 Å². The van der Waals surface area contributed by atoms with E-state index in [9.17, 15) is 13.5 Å². The number of hydrogen-bond donors (Lipinski definition) is 2. The van der Waals surface area contributed by atoms with E-state index in [1.807, 2.05) is 0 Å². The molecule has 7 heteroatoms. The predicted molar refractivity (Wildman–Crippen MR) is 82.8 cm³/mol. The average molecular weight is 333 g/mol. The summed E-state index contributed by atoms with van der Waals surface area (Å²) < 4.78 is 27.6. The summed E-state index contributed by atoms with van der Waals surface area (Å²) in [6.07, 6.45) is 1.83. The van der Waals surface area contributed by atoms with Crippen molar-refractivity contribution in [1.29, 1.82) is 0 Å². The van der Waals surface area contributed by atoms with Crippen molar-refractivity contribution in [2.24, 2.45) is 0 Å². The Balaban J connectivity index is 2.14. The van der Waals surface area contributed by atoms with Crippen molar-refractivity contribution in [1.82, 2.24) is 9.62 Å². The summed E-state index contributed by atoms with van der Waals surface area (Å²) in [7, 11) is -3.59. The maximum absolute atomic E-state index is 12.4. The molecule has 1 aliphatic heterocycles. The molecule has 1 atom stereocenters. The van der Waals surface area contributed by atoms with E-state index >= 15 is 0 Å². The number of nitrogens with zero attached hydrogens (tertiary/aromatic N) is 1. The molecule has 0 aliphatic carbocycles. The minimum atomic E-state index is -3.59. The van der Waals surface area contributed by atoms with Gasteiger partial charge in [-0.05, 0) is 49.7 Å². The molecule has 0 bridgehead atoms. The summed E-state index contributed by atoms with van der Waals surface area (Å²) in [5.74, 6) is 0. The molecule has 0 amide bonds. The van der Waals surface area contributed by atoms with Crippen LogP contribution in [0.3, 0.4) is 0 Å². The summed E-state index contributed by atoms with van der Waals surface area (Å²) in [4.78, 5) is 2.38. The quantitative estimate of drug-likeness (QED) is 0.859. The van der Waals surface area contributed by atoms with Crippen LogP contribution in [0.25, 0.3) is 0 Å². The number of benzene rings is 1. The molecule has 2 N–H and O–H groups in total. The Labute approximate surface area is 131 Å². The van der Waals surface area contributed by atoms with Crippen LogP contribution >= 0.6 is 11.6 Å². The molecule has 1 heterocycles. The first-order valence-electron chi connectivity index (χ1n) is 7.10. The largest absolute Gasteiger partial charge is 0.392 e. The monoisotopic (exact) mass is 332 g/mol. The van der Waals surface area contributed by atoms with E-state index in [2.05, 4.69) is 16.5 Å². The number of halogens is 1. The molecule has 0 radical (unpaired) electrons. The van der Waals surface area contributed by atoms with Gasteiger partial charge in [0.05, 0.1) is 11.5 Å². The fraction of sp³-hybridized carbons (Fsp3) is 0.571. The lowest BCUT2D eigenvalue weighted by Crippen LogP contribution is -2.47. The molecular weight excluding hydrogens is 312 g/mol. The third kappa shape index (κ3) is 4.17. The van der Waals surface area contributed by atoms with E-state index in [1.165, 1.54) is 18.2 Å². The van der Waals surface area contributed by atoms with Gasteiger partial charge in [0, 0.05) is 17.6 Å². The molecule has 0 aromatic heterocycles. The summed E-state index contributed by atoms with van der Waals surface area (Å²) in [6.45, 7) is 4.47. The minimum absolute atomic E-state index is 0.0723. The summed E-state index contributed by atoms with van der Waals surface area (Å²) >= 11 is 5.89. The maximum Gasteiger partial charge on any atom is 0.240 e. The van der Waals surface area contributed by atoms with Gasteiger partial charge in [0.15, 0.2) is 0 Å². The van der Waals surface area contributed by atoms with Gasteiger partial charge in [0.25, 0.3) is 0 Å². The van der Waals surface area contributed by atoms with Gasteiger partial charge < -0.3 is 10.0 Å². The Bertz CT molecular complexity index is 592. The van der Waals surface area contributed by atoms with Crippen LogP contribution in [0, 0.1) is 0 Å². The van der Waals surface area contributed by atoms with Crippen molar-refractivity contribution in [3.8, 4) is 0 Å². The fourth-order valence-corrected chi connectivity index (χ4v) is 4.06. The molecule has 5 nitrogen and oxygen atoms in total. The molecule has 1 aromatic rings. The number of likely N-dealkylation sites (N-methyl/N-ethyl adjacent to an activating group) is 1. The zero-order valence-corrected chi connectivity index (χ0v) is 13.6. The summed E-state index contributed by atoms with van der Waals surface area (Å²) in [5, 5.41) is 9.56. The number of hydrogen-bond acceptors (Lipinski definition) is 4. The third-order valence-electron chi connectivity index (χ3n) is 3.77. The van der Waals surface area contributed by atoms with Crippen LogP contribution in [0.2, 0.25) is 5.02 Å². The van der Waals surface area contributed by atoms with Gasteiger partial charge in [0.1, 0.15) is 0 Å². The van der Waals surface area contributed by atoms with E-state index in [0.29, 0.717) is 10.6 Å². The van der Waals surface area contributed by atoms with Gasteiger partial charge >= 0.3 is 0 Å². The lowest BCUT2D eigenvalue weighted by atomic mass is 10.1. The van der Waals surface area contributed by atoms with Crippen LogP contribution in [0.15, 0.2) is 23.1 Å². The first-order valence-corrected chi connectivity index (χ1v) is 8.96. The number of likely N-dealkylation sites (tertiary alicyclic amines) is 1. The first-order chi connectivity index (χ1) is 9.96. The van der Waals surface area contributed by atoms with Crippen molar-refractivity contribution in [3.05, 3.63) is 28.8 Å². The van der Waals surface area contributed by atoms with Crippen LogP contribution in [0.4, 0.5) is 0 Å². The van der Waals surface area contributed by atoms with Crippen LogP contribution in [-0.4, -0.2) is 44.1 Å². The number of piperidine rings is 1. The normalized spacial score (nSPS) is 20.6. The smallest absolute Gasteiger partial charge is 0.240 e. The highest BCUT2D eigenvalue weighted by Crippen LogP contribution is 2.21. The molecule has 2 rings (SSSR count). The SMILES string of the molecule is CCN1CCCC(NS(=O)(=O)c2ccc(Cl)c(CO)c2)C1. The van der Waals surface area contributed by atoms with Gasteiger partial charge in [-0.2, -0.15) is 0 Å². The molecule has 118 valence electrons. The van der Waals surface area contributed by atoms with Crippen LogP contribution in [0.1, 0.15) is 25.3 Å². The molecule has 1 fully saturated rings. The van der Waals surface area contributed by atoms with Crippen LogP contribution in [-0.2, 0) is 16.6 Å². The van der Waals surface area contributed by atoms with Gasteiger partial charge in [-0.3, -0.25) is 0 Å². The van der Waals surface area contributed by atoms with Crippen LogP contribution < -0.4 is 4.72 Å². The summed E-state index contributed by atoms with van der Waals surface area (Å²) in [5.41, 5.74) is 0.415. The van der Waals surface area contributed by atoms with Crippen LogP contribution in [0.5, 0.6) is 0 Å². The van der Waals surface area contributed by atoms with E-state index < -0.39 is 10.0 Å². The molecule has 1 aromatic carbocycles. The second-order valence-electron chi connectivity index (χ2n) is 5.26. The van der Waals surface area contributed by atoms with E-state index in [4.69, 9.17) is 11.6 Å². The molecule has 1 saturated heterocycles. The lowest BCUT2D eigenvalue weighted by molar-refractivity contribution is 0.211. The Morgan fingerprint density at radius 2 is 2.24 bits per heavy atom. The van der Waals surface area contributed by atoms with E-state index in [-0.39, 0.29) is 17.5 Å². The molecule has 0 saturated carbocycles. The van der Waals surface area contributed by atoms with Crippen molar-refractivity contribution in [2.45, 2.75) is 37.3 Å². The van der Waals surface area contributed by atoms with Gasteiger partial charge in [-0.1, -0.05) is 18.5 Å². The second-order valence-corrected chi connectivity index (χ2v) is 7.39. The summed E-state index contributed by atoms with van der Waals surface area (Å²) in [6, 6.07) is 4.31. The zero-order chi connectivity index (χ0) is 15.5. The molecule has 1 unspecified atom stereocenters. The Morgan fingerprint density at radius 1 is 1.48 bits per heavy atom. The highest BCUT2D eigenvalue weighted by atomic mass is 35.5. The minimum Gasteiger partial charge on any atom is -0.392 e. The number of nitrogens with one attached hydrogen (secondary N) is 1. The number of sulfonamides is 1. The van der Waals surface area contributed by atoms with Crippen molar-refractivity contribution in [3.63, 3.8) is 0 Å². The number of aliphatic hydroxyl groups is 1. The second kappa shape index (κ2) is 7.07. The van der Waals surface area contributed by atoms with Gasteiger partial charge in [-0.25, -0.2) is 13.1 Å². The number of rotatable bonds is 5. The Kier molecular flexibility index (Phi) is 5.62. The Morgan fingerprint density at radius 3 is 2.90 bits per heavy atom. The van der Waals surface area contributed by atoms with Gasteiger partial charge in [-0.15, -0.1) is 0 Å². The number of aliphatic hydroxyl groups excluding tert-OH is 1. The van der Waals surface area contributed by atoms with Crippen molar-refractivity contribution >= 4 is 21.6 Å². The van der Waals surface area contributed by atoms with Crippen molar-refractivity contribution < 1.29 is 13.5 Å². The zero-order valence-electron chi connectivity index (χ0n) is 12.0. The lowest BCUT2D eigenvalue weighted by Gasteiger charge is -2.32. The maximum atomic E-state index is 12.4. The van der Waals surface area contributed by atoms with Crippen molar-refractivity contribution in [2.75, 3.05) is 19.6 Å². The molecule has 1 aliphatic rings. The highest BCUT2D eigenvalue weighted by molar-refractivity contribution is 7.89. The molecule has 21 heavy (non-hydrogen) atoms. The standard InChI is InChI=1S/C14H21ClN2O3S/c1-2-17-7-3-4-12(9-17)16-21(19,20)13-5-6-14(15)11(8-13)10-18/h5-6,8,12,16,18H,2-4,7,9-10H2,1H3. The van der Waals surface area contributed by atoms with Gasteiger partial charge in [0.2, 0.25) is 10.0 Å². The predicted octanol–water partition coefficient (Wildman–Crippen LogP) is 1.59. The Hall–Kier alpha value is -0.660. The third-order valence-corrected chi connectivity index (χ3v) is 5.66. The fourth-order valence-electron chi connectivity index (χ4n) is 2.57. The first kappa shape index (κ1) is 16.7. The van der Waals surface area contributed by atoms with E-state index in [0.717, 1.165) is 32.5 Å². The molecule has 0 spiro atoms. The highest BCUT2D eigenvalue weighted by Gasteiger charge is 2.25. The van der Waals surface area contributed by atoms with E-state index in [1.54, 1.807) is 0 Å². The molecular formula is C14H21ClN2O3S.